The Balaban J connectivity index is 1.08. The van der Waals surface area contributed by atoms with E-state index in [4.69, 9.17) is 39.3 Å². The molecule has 0 spiro atoms. The van der Waals surface area contributed by atoms with Crippen LogP contribution < -0.4 is 42.8 Å². The van der Waals surface area contributed by atoms with Crippen LogP contribution >= 0.6 is 19.2 Å². The van der Waals surface area contributed by atoms with Gasteiger partial charge >= 0.3 is 43.4 Å². The molecule has 5 aliphatic rings. The molecule has 3 amide bonds. The number of amides is 3. The molecule has 3 aromatic rings. The maximum atomic E-state index is 15.1. The molecule has 88 heavy (non-hydrogen) atoms. The third-order valence-corrected chi connectivity index (χ3v) is 17.5. The molecule has 21 nitrogen and oxygen atoms in total. The first-order valence-corrected chi connectivity index (χ1v) is 31.1. The van der Waals surface area contributed by atoms with Crippen molar-refractivity contribution in [1.82, 2.24) is 25.5 Å². The van der Waals surface area contributed by atoms with E-state index in [9.17, 15) is 65.0 Å². The number of aryl methyl sites for hydroxylation is 4. The number of hydrogen-bond acceptors (Lipinski definition) is 15. The average molecular weight is 1280 g/mol. The number of aromatic carboxylic acids is 1. The monoisotopic (exact) mass is 1280 g/mol. The van der Waals surface area contributed by atoms with Gasteiger partial charge in [0.05, 0.1) is 49.0 Å². The van der Waals surface area contributed by atoms with E-state index in [1.165, 1.54) is 29.0 Å². The molecule has 8 rings (SSSR count). The SMILES string of the molecule is CC(C)OC[C@H]1OC(n2cc(CCCNC(=O)CCc3cc4c(-c5cc(P(=O)(OCCCCNC(=O)C(F)(F)F)OCCCCNC(=O)C(F)(F)F)ccc5C(=O)O)c5cc6c7c(c5oc-4c(Cl)c3=O)CCCN7CCC6)c(=O)[nH]c2=O)CC1OC(C)C. The maximum absolute atomic E-state index is 15.1. The normalized spacial score (nSPS) is 17.1. The third-order valence-electron chi connectivity index (χ3n) is 15.2. The van der Waals surface area contributed by atoms with Gasteiger partial charge in [0.25, 0.3) is 5.56 Å². The Morgan fingerprint density at radius 3 is 2.09 bits per heavy atom. The number of rotatable bonds is 28. The second kappa shape index (κ2) is 28.9. The number of hydrogen-bond donors (Lipinski definition) is 5. The number of unbranched alkanes of at least 4 members (excludes halogenated alkanes) is 2. The fourth-order valence-electron chi connectivity index (χ4n) is 11.1. The molecule has 1 saturated heterocycles. The average Bonchev–Trinajstić information content (AvgIpc) is 1.32. The molecule has 29 heteroatoms. The maximum Gasteiger partial charge on any atom is 0.471 e. The van der Waals surface area contributed by atoms with E-state index < -0.39 is 99.0 Å². The predicted molar refractivity (Wildman–Crippen MR) is 312 cm³/mol. The summed E-state index contributed by atoms with van der Waals surface area (Å²) in [6.07, 6.45) is -7.97. The van der Waals surface area contributed by atoms with Crippen LogP contribution in [0.2, 0.25) is 5.02 Å². The second-order valence-corrected chi connectivity index (χ2v) is 24.7. The van der Waals surface area contributed by atoms with Gasteiger partial charge in [-0.15, -0.1) is 0 Å². The zero-order valence-corrected chi connectivity index (χ0v) is 50.5. The standard InChI is InChI=1S/C59H70ClF6N6O15P/c1-32(2)82-31-44-43(85-33(3)4)29-46(86-44)72-30-36(53(75)70-57(72)80)12-9-21-67-45(73)18-15-35-27-42-47(41-26-34-13-10-22-71-23-11-14-39(49(34)71)51(41)87-52(42)48(60)50(35)74)40-28-37(16-17-38(40)54(76)77)88(81,83-24-7-5-19-68-55(78)58(61,62)63)84-25-8-6-20-69-56(79)59(64,65)66/h16-17,26-28,30,32-33,43-44,46H,5-15,18-25,29,31H2,1-4H3,(H,67,73)(H,68,78)(H,69,79)(H,76,77)(H,70,75,80)/t43?,44-,46?/m1/s1. The first-order valence-electron chi connectivity index (χ1n) is 29.2. The number of carbonyl (C=O) groups is 4. The van der Waals surface area contributed by atoms with Gasteiger partial charge in [0.1, 0.15) is 22.9 Å². The van der Waals surface area contributed by atoms with Gasteiger partial charge in [0, 0.05) is 90.7 Å². The van der Waals surface area contributed by atoms with Crippen molar-refractivity contribution in [2.45, 2.75) is 154 Å². The van der Waals surface area contributed by atoms with Crippen molar-refractivity contribution in [3.05, 3.63) is 100 Å². The number of carboxylic acids is 1. The lowest BCUT2D eigenvalue weighted by molar-refractivity contribution is -0.173. The lowest BCUT2D eigenvalue weighted by Gasteiger charge is -2.37. The number of alkyl halides is 6. The summed E-state index contributed by atoms with van der Waals surface area (Å²) in [7, 11) is -4.64. The molecule has 2 unspecified atom stereocenters. The van der Waals surface area contributed by atoms with Crippen LogP contribution in [0.1, 0.15) is 124 Å². The Morgan fingerprint density at radius 1 is 0.818 bits per heavy atom. The highest BCUT2D eigenvalue weighted by Gasteiger charge is 2.41. The van der Waals surface area contributed by atoms with Gasteiger partial charge in [-0.1, -0.05) is 11.6 Å². The molecule has 2 aromatic carbocycles. The van der Waals surface area contributed by atoms with Crippen molar-refractivity contribution in [3.63, 3.8) is 0 Å². The van der Waals surface area contributed by atoms with Crippen molar-refractivity contribution < 1.29 is 82.9 Å². The summed E-state index contributed by atoms with van der Waals surface area (Å²) >= 11 is 7.01. The molecule has 3 atom stereocenters. The van der Waals surface area contributed by atoms with Crippen LogP contribution in [-0.4, -0.2) is 128 Å². The van der Waals surface area contributed by atoms with Crippen molar-refractivity contribution >= 4 is 64.8 Å². The van der Waals surface area contributed by atoms with E-state index in [0.717, 1.165) is 48.8 Å². The number of ether oxygens (including phenoxy) is 3. The molecule has 5 heterocycles. The molecule has 1 fully saturated rings. The van der Waals surface area contributed by atoms with Gasteiger partial charge in [-0.3, -0.25) is 38.1 Å². The van der Waals surface area contributed by atoms with Crippen molar-refractivity contribution in [2.24, 2.45) is 0 Å². The number of nitrogens with zero attached hydrogens (tertiary/aromatic N) is 2. The van der Waals surface area contributed by atoms with E-state index in [1.54, 1.807) is 10.6 Å². The molecule has 480 valence electrons. The van der Waals surface area contributed by atoms with Crippen LogP contribution in [0.4, 0.5) is 32.0 Å². The van der Waals surface area contributed by atoms with Crippen molar-refractivity contribution in [1.29, 1.82) is 0 Å². The van der Waals surface area contributed by atoms with E-state index >= 15 is 4.57 Å². The Morgan fingerprint density at radius 2 is 1.47 bits per heavy atom. The number of H-pyrrole nitrogens is 1. The van der Waals surface area contributed by atoms with E-state index in [2.05, 4.69) is 15.2 Å². The summed E-state index contributed by atoms with van der Waals surface area (Å²) in [6, 6.07) is 6.92. The molecule has 0 radical (unpaired) electrons. The van der Waals surface area contributed by atoms with Crippen LogP contribution in [0.25, 0.3) is 33.4 Å². The van der Waals surface area contributed by atoms with Crippen LogP contribution in [0.15, 0.2) is 55.3 Å². The van der Waals surface area contributed by atoms with Crippen molar-refractivity contribution in [2.75, 3.05) is 57.4 Å². The minimum absolute atomic E-state index is 0.0408. The molecule has 0 bridgehead atoms. The number of aromatic amines is 1. The third kappa shape index (κ3) is 16.2. The minimum Gasteiger partial charge on any atom is -0.478 e. The van der Waals surface area contributed by atoms with Crippen LogP contribution in [-0.2, 0) is 67.9 Å². The minimum atomic E-state index is -5.14. The van der Waals surface area contributed by atoms with E-state index in [1.807, 2.05) is 33.8 Å². The van der Waals surface area contributed by atoms with E-state index in [-0.39, 0.29) is 132 Å². The number of carbonyl (C=O) groups excluding carboxylic acids is 3. The number of halogens is 7. The molecule has 5 N–H and O–H groups in total. The molecule has 4 aliphatic heterocycles. The Kier molecular flexibility index (Phi) is 22.1. The highest BCUT2D eigenvalue weighted by atomic mass is 35.5. The van der Waals surface area contributed by atoms with Crippen LogP contribution in [0.5, 0.6) is 0 Å². The Hall–Kier alpha value is -6.61. The molecule has 0 saturated carbocycles. The fourth-order valence-corrected chi connectivity index (χ4v) is 13.0. The lowest BCUT2D eigenvalue weighted by atomic mass is 9.84. The molecule has 1 aliphatic carbocycles. The van der Waals surface area contributed by atoms with Gasteiger partial charge in [-0.25, -0.2) is 9.59 Å². The van der Waals surface area contributed by atoms with Crippen LogP contribution in [0, 0.1) is 0 Å². The highest BCUT2D eigenvalue weighted by molar-refractivity contribution is 7.62. The number of anilines is 1. The zero-order valence-electron chi connectivity index (χ0n) is 48.9. The number of carboxylic acid groups (broad SMARTS) is 1. The number of nitrogens with one attached hydrogen (secondary N) is 4. The zero-order chi connectivity index (χ0) is 63.8. The van der Waals surface area contributed by atoms with Gasteiger partial charge < -0.3 is 53.6 Å². The molecule has 1 aromatic heterocycles. The predicted octanol–water partition coefficient (Wildman–Crippen LogP) is 8.42. The smallest absolute Gasteiger partial charge is 0.471 e. The quantitative estimate of drug-likeness (QED) is 0.0136. The summed E-state index contributed by atoms with van der Waals surface area (Å²) in [4.78, 5) is 94.7. The highest BCUT2D eigenvalue weighted by Crippen LogP contribution is 2.52. The van der Waals surface area contributed by atoms with Crippen molar-refractivity contribution in [3.8, 4) is 22.5 Å². The Labute approximate surface area is 505 Å². The Bertz CT molecular complexity index is 3550. The van der Waals surface area contributed by atoms with Gasteiger partial charge in [0.2, 0.25) is 11.3 Å². The molecular weight excluding hydrogens is 1210 g/mol. The summed E-state index contributed by atoms with van der Waals surface area (Å²) in [5, 5.41) is 17.0. The summed E-state index contributed by atoms with van der Waals surface area (Å²) in [5.41, 5.74) is 1.22. The number of benzene rings is 3. The lowest BCUT2D eigenvalue weighted by Crippen LogP contribution is -2.37. The summed E-state index contributed by atoms with van der Waals surface area (Å²) < 4.78 is 130. The van der Waals surface area contributed by atoms with Gasteiger partial charge in [0.15, 0.2) is 5.76 Å². The fraction of sp³-hybridized carbons (Fsp3) is 0.542. The first kappa shape index (κ1) is 67.3. The van der Waals surface area contributed by atoms with E-state index in [0.29, 0.717) is 30.2 Å². The topological polar surface area (TPSA) is 276 Å². The number of fused-ring (bicyclic) bond motifs is 3. The van der Waals surface area contributed by atoms with Crippen LogP contribution in [0.3, 0.4) is 0 Å². The summed E-state index contributed by atoms with van der Waals surface area (Å²) in [5.74, 6) is -6.39. The summed E-state index contributed by atoms with van der Waals surface area (Å²) in [6.45, 7) is 7.64. The van der Waals surface area contributed by atoms with Gasteiger partial charge in [-0.2, -0.15) is 26.3 Å². The largest absolute Gasteiger partial charge is 0.478 e. The molecular formula is C59H70ClF6N6O15P. The first-order chi connectivity index (χ1) is 41.6. The van der Waals surface area contributed by atoms with Gasteiger partial charge in [-0.05, 0) is 140 Å². The second-order valence-electron chi connectivity index (χ2n) is 22.3. The number of aromatic nitrogens is 2.